The van der Waals surface area contributed by atoms with Gasteiger partial charge in [-0.2, -0.15) is 0 Å². The van der Waals surface area contributed by atoms with Gasteiger partial charge in [-0.3, -0.25) is 9.78 Å². The molecular formula is C15H17N3O2. The molecule has 0 spiro atoms. The number of benzene rings is 1. The summed E-state index contributed by atoms with van der Waals surface area (Å²) in [5.41, 5.74) is 2.41. The van der Waals surface area contributed by atoms with Crippen molar-refractivity contribution < 1.29 is 9.53 Å². The second-order valence-corrected chi connectivity index (χ2v) is 4.67. The van der Waals surface area contributed by atoms with Crippen LogP contribution in [0.2, 0.25) is 0 Å². The average Bonchev–Trinajstić information content (AvgIpc) is 2.48. The number of methoxy groups -OCH3 is 1. The number of amides is 1. The van der Waals surface area contributed by atoms with Crippen molar-refractivity contribution in [1.82, 2.24) is 9.97 Å². The van der Waals surface area contributed by atoms with Gasteiger partial charge in [0.05, 0.1) is 25.2 Å². The van der Waals surface area contributed by atoms with Crippen LogP contribution >= 0.6 is 0 Å². The topological polar surface area (TPSA) is 64.1 Å². The van der Waals surface area contributed by atoms with E-state index in [0.29, 0.717) is 5.88 Å². The quantitative estimate of drug-likeness (QED) is 0.928. The molecule has 0 radical (unpaired) electrons. The van der Waals surface area contributed by atoms with Gasteiger partial charge in [0.1, 0.15) is 0 Å². The molecular weight excluding hydrogens is 254 g/mol. The Morgan fingerprint density at radius 2 is 1.90 bits per heavy atom. The van der Waals surface area contributed by atoms with E-state index < -0.39 is 0 Å². The number of nitrogens with one attached hydrogen (secondary N) is 1. The Hall–Kier alpha value is -2.43. The maximum absolute atomic E-state index is 11.6. The summed E-state index contributed by atoms with van der Waals surface area (Å²) in [6.45, 7) is 3.71. The molecule has 104 valence electrons. The number of aromatic nitrogens is 2. The van der Waals surface area contributed by atoms with Gasteiger partial charge in [-0.05, 0) is 12.1 Å². The predicted molar refractivity (Wildman–Crippen MR) is 77.5 cm³/mol. The second kappa shape index (κ2) is 6.14. The molecule has 5 heteroatoms. The van der Waals surface area contributed by atoms with Crippen molar-refractivity contribution in [3.8, 4) is 17.1 Å². The third-order valence-electron chi connectivity index (χ3n) is 2.79. The van der Waals surface area contributed by atoms with Crippen molar-refractivity contribution >= 4 is 11.6 Å². The van der Waals surface area contributed by atoms with Gasteiger partial charge >= 0.3 is 0 Å². The van der Waals surface area contributed by atoms with Gasteiger partial charge in [-0.1, -0.05) is 26.0 Å². The highest BCUT2D eigenvalue weighted by molar-refractivity contribution is 5.92. The lowest BCUT2D eigenvalue weighted by Crippen LogP contribution is -2.17. The minimum atomic E-state index is -0.0427. The standard InChI is InChI=1S/C15H17N3O2/c1-10(2)15(19)17-12-6-4-11(5-7-12)13-8-16-9-14(18-13)20-3/h4-10H,1-3H3,(H,17,19). The third-order valence-corrected chi connectivity index (χ3v) is 2.79. The first-order valence-electron chi connectivity index (χ1n) is 6.37. The fourth-order valence-electron chi connectivity index (χ4n) is 1.60. The summed E-state index contributed by atoms with van der Waals surface area (Å²) in [5, 5.41) is 2.84. The van der Waals surface area contributed by atoms with Crippen LogP contribution in [0.4, 0.5) is 5.69 Å². The molecule has 0 aliphatic carbocycles. The molecule has 2 rings (SSSR count). The van der Waals surface area contributed by atoms with Crippen molar-refractivity contribution in [3.63, 3.8) is 0 Å². The Morgan fingerprint density at radius 3 is 2.50 bits per heavy atom. The minimum Gasteiger partial charge on any atom is -0.480 e. The summed E-state index contributed by atoms with van der Waals surface area (Å²) < 4.78 is 5.05. The van der Waals surface area contributed by atoms with E-state index in [2.05, 4.69) is 15.3 Å². The number of ether oxygens (including phenoxy) is 1. The monoisotopic (exact) mass is 271 g/mol. The van der Waals surface area contributed by atoms with Crippen LogP contribution in [-0.2, 0) is 4.79 Å². The minimum absolute atomic E-state index is 0.000998. The number of carbonyl (C=O) groups is 1. The van der Waals surface area contributed by atoms with Gasteiger partial charge in [0.2, 0.25) is 11.8 Å². The summed E-state index contributed by atoms with van der Waals surface area (Å²) in [6, 6.07) is 7.46. The molecule has 0 unspecified atom stereocenters. The van der Waals surface area contributed by atoms with Crippen LogP contribution in [-0.4, -0.2) is 23.0 Å². The zero-order valence-electron chi connectivity index (χ0n) is 11.8. The zero-order chi connectivity index (χ0) is 14.5. The van der Waals surface area contributed by atoms with Crippen LogP contribution in [0.25, 0.3) is 11.3 Å². The molecule has 1 aromatic carbocycles. The van der Waals surface area contributed by atoms with Crippen LogP contribution in [0.5, 0.6) is 5.88 Å². The summed E-state index contributed by atoms with van der Waals surface area (Å²) in [7, 11) is 1.55. The summed E-state index contributed by atoms with van der Waals surface area (Å²) in [6.07, 6.45) is 3.23. The van der Waals surface area contributed by atoms with Gasteiger partial charge < -0.3 is 10.1 Å². The number of hydrogen-bond acceptors (Lipinski definition) is 4. The van der Waals surface area contributed by atoms with Crippen molar-refractivity contribution in [2.24, 2.45) is 5.92 Å². The van der Waals surface area contributed by atoms with E-state index in [1.807, 2.05) is 38.1 Å². The first kappa shape index (κ1) is 14.0. The molecule has 2 aromatic rings. The molecule has 20 heavy (non-hydrogen) atoms. The second-order valence-electron chi connectivity index (χ2n) is 4.67. The maximum atomic E-state index is 11.6. The molecule has 0 fully saturated rings. The zero-order valence-corrected chi connectivity index (χ0v) is 11.8. The number of hydrogen-bond donors (Lipinski definition) is 1. The Bertz CT molecular complexity index is 594. The van der Waals surface area contributed by atoms with E-state index in [-0.39, 0.29) is 11.8 Å². The molecule has 0 saturated carbocycles. The van der Waals surface area contributed by atoms with Gasteiger partial charge in [0.25, 0.3) is 0 Å². The Morgan fingerprint density at radius 1 is 1.20 bits per heavy atom. The highest BCUT2D eigenvalue weighted by atomic mass is 16.5. The Balaban J connectivity index is 2.17. The number of rotatable bonds is 4. The molecule has 1 N–H and O–H groups in total. The molecule has 1 heterocycles. The predicted octanol–water partition coefficient (Wildman–Crippen LogP) is 2.75. The van der Waals surface area contributed by atoms with E-state index >= 15 is 0 Å². The number of nitrogens with zero attached hydrogens (tertiary/aromatic N) is 2. The summed E-state index contributed by atoms with van der Waals surface area (Å²) in [4.78, 5) is 20.0. The van der Waals surface area contributed by atoms with Crippen molar-refractivity contribution in [3.05, 3.63) is 36.7 Å². The van der Waals surface area contributed by atoms with Gasteiger partial charge in [-0.25, -0.2) is 4.98 Å². The van der Waals surface area contributed by atoms with Crippen LogP contribution in [0.1, 0.15) is 13.8 Å². The van der Waals surface area contributed by atoms with E-state index in [1.165, 1.54) is 0 Å². The smallest absolute Gasteiger partial charge is 0.232 e. The Kier molecular flexibility index (Phi) is 4.30. The van der Waals surface area contributed by atoms with Crippen molar-refractivity contribution in [2.75, 3.05) is 12.4 Å². The molecule has 0 aliphatic heterocycles. The molecule has 5 nitrogen and oxygen atoms in total. The normalized spacial score (nSPS) is 10.4. The van der Waals surface area contributed by atoms with Gasteiger partial charge in [0.15, 0.2) is 0 Å². The first-order chi connectivity index (χ1) is 9.60. The Labute approximate surface area is 118 Å². The van der Waals surface area contributed by atoms with Gasteiger partial charge in [0, 0.05) is 17.2 Å². The van der Waals surface area contributed by atoms with Crippen LogP contribution in [0.3, 0.4) is 0 Å². The molecule has 1 amide bonds. The van der Waals surface area contributed by atoms with Crippen LogP contribution < -0.4 is 10.1 Å². The van der Waals surface area contributed by atoms with Crippen LogP contribution in [0.15, 0.2) is 36.7 Å². The van der Waals surface area contributed by atoms with E-state index in [1.54, 1.807) is 19.5 Å². The lowest BCUT2D eigenvalue weighted by Gasteiger charge is -2.08. The lowest BCUT2D eigenvalue weighted by molar-refractivity contribution is -0.118. The number of carbonyl (C=O) groups excluding carboxylic acids is 1. The number of anilines is 1. The fourth-order valence-corrected chi connectivity index (χ4v) is 1.60. The highest BCUT2D eigenvalue weighted by Gasteiger charge is 2.07. The molecule has 0 saturated heterocycles. The van der Waals surface area contributed by atoms with E-state index in [0.717, 1.165) is 16.9 Å². The molecule has 0 atom stereocenters. The summed E-state index contributed by atoms with van der Waals surface area (Å²) in [5.74, 6) is 0.428. The lowest BCUT2D eigenvalue weighted by atomic mass is 10.1. The fraction of sp³-hybridized carbons (Fsp3) is 0.267. The van der Waals surface area contributed by atoms with Crippen LogP contribution in [0, 0.1) is 5.92 Å². The average molecular weight is 271 g/mol. The largest absolute Gasteiger partial charge is 0.480 e. The molecule has 1 aromatic heterocycles. The first-order valence-corrected chi connectivity index (χ1v) is 6.37. The maximum Gasteiger partial charge on any atom is 0.232 e. The highest BCUT2D eigenvalue weighted by Crippen LogP contribution is 2.20. The van der Waals surface area contributed by atoms with Crippen molar-refractivity contribution in [2.45, 2.75) is 13.8 Å². The SMILES string of the molecule is COc1cncc(-c2ccc(NC(=O)C(C)C)cc2)n1. The molecule has 0 bridgehead atoms. The molecule has 0 aliphatic rings. The summed E-state index contributed by atoms with van der Waals surface area (Å²) >= 11 is 0. The van der Waals surface area contributed by atoms with Gasteiger partial charge in [-0.15, -0.1) is 0 Å². The third kappa shape index (κ3) is 3.32. The van der Waals surface area contributed by atoms with E-state index in [4.69, 9.17) is 4.74 Å². The van der Waals surface area contributed by atoms with E-state index in [9.17, 15) is 4.79 Å². The van der Waals surface area contributed by atoms with Crippen molar-refractivity contribution in [1.29, 1.82) is 0 Å².